The van der Waals surface area contributed by atoms with Gasteiger partial charge < -0.3 is 5.32 Å². The van der Waals surface area contributed by atoms with Crippen LogP contribution >= 0.6 is 0 Å². The monoisotopic (exact) mass is 297 g/mol. The molecule has 1 aromatic rings. The van der Waals surface area contributed by atoms with Crippen molar-refractivity contribution < 1.29 is 21.8 Å². The summed E-state index contributed by atoms with van der Waals surface area (Å²) in [5, 5.41) is 2.85. The first-order valence-corrected chi connectivity index (χ1v) is 7.32. The third kappa shape index (κ3) is 5.28. The van der Waals surface area contributed by atoms with Crippen LogP contribution in [-0.2, 0) is 23.5 Å². The van der Waals surface area contributed by atoms with E-state index in [9.17, 15) is 21.8 Å². The highest BCUT2D eigenvalue weighted by molar-refractivity contribution is 7.84. The van der Waals surface area contributed by atoms with E-state index >= 15 is 0 Å². The zero-order valence-corrected chi connectivity index (χ0v) is 11.4. The molecule has 0 bridgehead atoms. The second-order valence-electron chi connectivity index (χ2n) is 4.32. The Hall–Kier alpha value is -0.950. The molecule has 7 heteroatoms. The summed E-state index contributed by atoms with van der Waals surface area (Å²) in [4.78, 5) is 0. The van der Waals surface area contributed by atoms with Gasteiger partial charge in [0.05, 0.1) is 5.56 Å². The molecule has 0 aliphatic carbocycles. The second kappa shape index (κ2) is 6.47. The van der Waals surface area contributed by atoms with Gasteiger partial charge in [0.1, 0.15) is 5.82 Å². The lowest BCUT2D eigenvalue weighted by Crippen LogP contribution is -2.31. The van der Waals surface area contributed by atoms with Crippen molar-refractivity contribution in [2.45, 2.75) is 25.7 Å². The Labute approximate surface area is 111 Å². The Morgan fingerprint density at radius 1 is 1.37 bits per heavy atom. The van der Waals surface area contributed by atoms with Gasteiger partial charge in [-0.3, -0.25) is 4.21 Å². The molecule has 2 unspecified atom stereocenters. The van der Waals surface area contributed by atoms with Crippen molar-refractivity contribution in [2.24, 2.45) is 0 Å². The topological polar surface area (TPSA) is 29.1 Å². The molecule has 0 aliphatic rings. The van der Waals surface area contributed by atoms with E-state index < -0.39 is 28.4 Å². The molecule has 0 radical (unpaired) electrons. The second-order valence-corrected chi connectivity index (χ2v) is 5.80. The molecule has 0 saturated heterocycles. The first-order valence-electron chi connectivity index (χ1n) is 5.59. The fourth-order valence-electron chi connectivity index (χ4n) is 1.66. The molecule has 0 aromatic heterocycles. The summed E-state index contributed by atoms with van der Waals surface area (Å²) in [6.45, 7) is 1.69. The Balaban J connectivity index is 2.81. The van der Waals surface area contributed by atoms with E-state index in [-0.39, 0.29) is 18.2 Å². The van der Waals surface area contributed by atoms with Crippen molar-refractivity contribution in [2.75, 3.05) is 12.0 Å². The molecule has 0 spiro atoms. The highest BCUT2D eigenvalue weighted by Crippen LogP contribution is 2.32. The number of nitrogens with one attached hydrogen (secondary N) is 1. The third-order valence-electron chi connectivity index (χ3n) is 2.50. The molecule has 1 aromatic carbocycles. The number of hydrogen-bond donors (Lipinski definition) is 1. The lowest BCUT2D eigenvalue weighted by molar-refractivity contribution is -0.138. The molecular weight excluding hydrogens is 282 g/mol. The average Bonchev–Trinajstić information content (AvgIpc) is 2.25. The maximum absolute atomic E-state index is 12.9. The van der Waals surface area contributed by atoms with Crippen LogP contribution in [0.2, 0.25) is 0 Å². The Bertz CT molecular complexity index is 462. The first kappa shape index (κ1) is 16.1. The van der Waals surface area contributed by atoms with Gasteiger partial charge in [0, 0.05) is 35.4 Å². The van der Waals surface area contributed by atoms with E-state index in [2.05, 4.69) is 5.32 Å². The van der Waals surface area contributed by atoms with Gasteiger partial charge in [-0.1, -0.05) is 6.07 Å². The Morgan fingerprint density at radius 3 is 2.53 bits per heavy atom. The van der Waals surface area contributed by atoms with Gasteiger partial charge in [-0.25, -0.2) is 4.39 Å². The van der Waals surface area contributed by atoms with Crippen molar-refractivity contribution >= 4 is 10.8 Å². The van der Waals surface area contributed by atoms with Crippen LogP contribution in [0, 0.1) is 5.82 Å². The van der Waals surface area contributed by atoms with E-state index in [0.717, 1.165) is 12.1 Å². The summed E-state index contributed by atoms with van der Waals surface area (Å²) in [5.74, 6) is -0.568. The smallest absolute Gasteiger partial charge is 0.309 e. The maximum Gasteiger partial charge on any atom is 0.416 e. The summed E-state index contributed by atoms with van der Waals surface area (Å²) in [7, 11) is -1.02. The summed E-state index contributed by atoms with van der Waals surface area (Å²) in [6.07, 6.45) is -3.06. The summed E-state index contributed by atoms with van der Waals surface area (Å²) in [5.41, 5.74) is -1.01. The predicted octanol–water partition coefficient (Wildman–Crippen LogP) is 2.70. The van der Waals surface area contributed by atoms with Crippen LogP contribution in [0.25, 0.3) is 0 Å². The number of alkyl halides is 3. The fraction of sp³-hybridized carbons (Fsp3) is 0.500. The van der Waals surface area contributed by atoms with Crippen LogP contribution in [0.15, 0.2) is 18.2 Å². The van der Waals surface area contributed by atoms with Crippen LogP contribution in [-0.4, -0.2) is 22.3 Å². The van der Waals surface area contributed by atoms with E-state index in [1.807, 2.05) is 0 Å². The lowest BCUT2D eigenvalue weighted by atomic mass is 10.1. The summed E-state index contributed by atoms with van der Waals surface area (Å²) < 4.78 is 62.0. The van der Waals surface area contributed by atoms with Gasteiger partial charge in [0.2, 0.25) is 0 Å². The van der Waals surface area contributed by atoms with Crippen molar-refractivity contribution in [3.63, 3.8) is 0 Å². The van der Waals surface area contributed by atoms with Crippen molar-refractivity contribution in [3.8, 4) is 0 Å². The van der Waals surface area contributed by atoms with Crippen LogP contribution in [0.1, 0.15) is 18.1 Å². The SMILES string of the molecule is CC(CS(C)=O)NCc1ccc(F)cc1C(F)(F)F. The largest absolute Gasteiger partial charge is 0.416 e. The first-order chi connectivity index (χ1) is 8.70. The Kier molecular flexibility index (Phi) is 5.49. The van der Waals surface area contributed by atoms with Crippen LogP contribution < -0.4 is 5.32 Å². The minimum atomic E-state index is -4.59. The highest BCUT2D eigenvalue weighted by Gasteiger charge is 2.33. The fourth-order valence-corrected chi connectivity index (χ4v) is 2.48. The molecular formula is C12H15F4NOS. The Morgan fingerprint density at radius 2 is 2.00 bits per heavy atom. The highest BCUT2D eigenvalue weighted by atomic mass is 32.2. The van der Waals surface area contributed by atoms with Crippen LogP contribution in [0.5, 0.6) is 0 Å². The van der Waals surface area contributed by atoms with Gasteiger partial charge in [-0.2, -0.15) is 13.2 Å². The standard InChI is InChI=1S/C12H15F4NOS/c1-8(7-19(2)18)17-6-9-3-4-10(13)5-11(9)12(14,15)16/h3-5,8,17H,6-7H2,1-2H3. The van der Waals surface area contributed by atoms with Crippen molar-refractivity contribution in [1.29, 1.82) is 0 Å². The molecule has 1 rings (SSSR count). The molecule has 108 valence electrons. The quantitative estimate of drug-likeness (QED) is 0.847. The molecule has 0 amide bonds. The normalized spacial score (nSPS) is 15.3. The van der Waals surface area contributed by atoms with Gasteiger partial charge in [-0.05, 0) is 24.6 Å². The zero-order chi connectivity index (χ0) is 14.6. The number of rotatable bonds is 5. The number of halogens is 4. The van der Waals surface area contributed by atoms with Crippen LogP contribution in [0.3, 0.4) is 0 Å². The molecule has 0 fully saturated rings. The van der Waals surface area contributed by atoms with Gasteiger partial charge in [0.25, 0.3) is 0 Å². The maximum atomic E-state index is 12.9. The van der Waals surface area contributed by atoms with Gasteiger partial charge >= 0.3 is 6.18 Å². The molecule has 1 N–H and O–H groups in total. The summed E-state index contributed by atoms with van der Waals surface area (Å²) in [6, 6.07) is 2.41. The number of benzene rings is 1. The van der Waals surface area contributed by atoms with E-state index in [1.54, 1.807) is 6.92 Å². The molecule has 2 nitrogen and oxygen atoms in total. The van der Waals surface area contributed by atoms with Crippen molar-refractivity contribution in [3.05, 3.63) is 35.1 Å². The molecule has 0 heterocycles. The van der Waals surface area contributed by atoms with Gasteiger partial charge in [-0.15, -0.1) is 0 Å². The average molecular weight is 297 g/mol. The molecule has 0 aliphatic heterocycles. The molecule has 19 heavy (non-hydrogen) atoms. The third-order valence-corrected chi connectivity index (χ3v) is 3.47. The van der Waals surface area contributed by atoms with Gasteiger partial charge in [0.15, 0.2) is 0 Å². The minimum Gasteiger partial charge on any atom is -0.309 e. The minimum absolute atomic E-state index is 0.0253. The molecule has 2 atom stereocenters. The number of hydrogen-bond acceptors (Lipinski definition) is 2. The summed E-state index contributed by atoms with van der Waals surface area (Å²) >= 11 is 0. The van der Waals surface area contributed by atoms with Crippen LogP contribution in [0.4, 0.5) is 17.6 Å². The van der Waals surface area contributed by atoms with E-state index in [1.165, 1.54) is 6.26 Å². The predicted molar refractivity (Wildman–Crippen MR) is 66.6 cm³/mol. The zero-order valence-electron chi connectivity index (χ0n) is 10.6. The lowest BCUT2D eigenvalue weighted by Gasteiger charge is -2.16. The van der Waals surface area contributed by atoms with Crippen molar-refractivity contribution in [1.82, 2.24) is 5.32 Å². The molecule has 0 saturated carbocycles. The van der Waals surface area contributed by atoms with E-state index in [0.29, 0.717) is 11.8 Å². The van der Waals surface area contributed by atoms with E-state index in [4.69, 9.17) is 0 Å².